The van der Waals surface area contributed by atoms with Crippen LogP contribution in [0.1, 0.15) is 64.9 Å². The summed E-state index contributed by atoms with van der Waals surface area (Å²) in [7, 11) is 1.73. The Balaban J connectivity index is 1.80. The van der Waals surface area contributed by atoms with Gasteiger partial charge >= 0.3 is 0 Å². The highest BCUT2D eigenvalue weighted by molar-refractivity contribution is 5.28. The molecule has 2 saturated carbocycles. The zero-order valence-electron chi connectivity index (χ0n) is 16.6. The first-order chi connectivity index (χ1) is 11.9. The number of hydrogen-bond donors (Lipinski definition) is 1. The SMILES string of the molecule is COc1cccc(CCC2C(CO)CCC3C(C)(C)CCCC23C)c1. The summed E-state index contributed by atoms with van der Waals surface area (Å²) in [5.41, 5.74) is 2.19. The third-order valence-electron chi connectivity index (χ3n) is 7.63. The molecule has 1 aromatic carbocycles. The van der Waals surface area contributed by atoms with Crippen LogP contribution in [0.5, 0.6) is 5.75 Å². The molecule has 2 aliphatic rings. The van der Waals surface area contributed by atoms with Gasteiger partial charge in [-0.1, -0.05) is 39.3 Å². The van der Waals surface area contributed by atoms with Gasteiger partial charge in [0.15, 0.2) is 0 Å². The third kappa shape index (κ3) is 3.60. The normalized spacial score (nSPS) is 34.4. The fraction of sp³-hybridized carbons (Fsp3) is 0.739. The van der Waals surface area contributed by atoms with Gasteiger partial charge in [-0.3, -0.25) is 0 Å². The highest BCUT2D eigenvalue weighted by atomic mass is 16.5. The van der Waals surface area contributed by atoms with Crippen molar-refractivity contribution in [3.8, 4) is 5.75 Å². The van der Waals surface area contributed by atoms with Crippen LogP contribution < -0.4 is 4.74 Å². The van der Waals surface area contributed by atoms with Gasteiger partial charge in [-0.05, 0) is 84.8 Å². The van der Waals surface area contributed by atoms with Crippen LogP contribution in [-0.4, -0.2) is 18.8 Å². The first-order valence-electron chi connectivity index (χ1n) is 10.1. The second-order valence-corrected chi connectivity index (χ2v) is 9.42. The van der Waals surface area contributed by atoms with Crippen LogP contribution in [0.25, 0.3) is 0 Å². The molecule has 2 heteroatoms. The number of fused-ring (bicyclic) bond motifs is 1. The molecule has 1 aromatic rings. The lowest BCUT2D eigenvalue weighted by Gasteiger charge is -2.59. The van der Waals surface area contributed by atoms with Gasteiger partial charge in [-0.2, -0.15) is 0 Å². The second-order valence-electron chi connectivity index (χ2n) is 9.42. The number of benzene rings is 1. The van der Waals surface area contributed by atoms with Crippen LogP contribution in [0.15, 0.2) is 24.3 Å². The molecule has 2 nitrogen and oxygen atoms in total. The largest absolute Gasteiger partial charge is 0.497 e. The summed E-state index contributed by atoms with van der Waals surface area (Å²) < 4.78 is 5.38. The van der Waals surface area contributed by atoms with Crippen LogP contribution in [0.2, 0.25) is 0 Å². The highest BCUT2D eigenvalue weighted by Crippen LogP contribution is 2.61. The van der Waals surface area contributed by atoms with E-state index in [1.165, 1.54) is 44.1 Å². The fourth-order valence-corrected chi connectivity index (χ4v) is 6.38. The second kappa shape index (κ2) is 7.31. The molecule has 4 unspecified atom stereocenters. The Morgan fingerprint density at radius 3 is 2.68 bits per heavy atom. The number of methoxy groups -OCH3 is 1. The smallest absolute Gasteiger partial charge is 0.119 e. The molecule has 1 N–H and O–H groups in total. The van der Waals surface area contributed by atoms with Crippen molar-refractivity contribution in [2.75, 3.05) is 13.7 Å². The molecule has 0 bridgehead atoms. The number of aliphatic hydroxyl groups excluding tert-OH is 1. The van der Waals surface area contributed by atoms with Gasteiger partial charge in [-0.15, -0.1) is 0 Å². The Labute approximate surface area is 154 Å². The lowest BCUT2D eigenvalue weighted by atomic mass is 9.46. The summed E-state index contributed by atoms with van der Waals surface area (Å²) >= 11 is 0. The third-order valence-corrected chi connectivity index (χ3v) is 7.63. The van der Waals surface area contributed by atoms with Gasteiger partial charge in [0.1, 0.15) is 5.75 Å². The number of hydrogen-bond acceptors (Lipinski definition) is 2. The molecule has 4 atom stereocenters. The quantitative estimate of drug-likeness (QED) is 0.766. The number of aryl methyl sites for hydroxylation is 1. The lowest BCUT2D eigenvalue weighted by molar-refractivity contribution is -0.108. The molecular weight excluding hydrogens is 308 g/mol. The van der Waals surface area contributed by atoms with E-state index in [9.17, 15) is 5.11 Å². The molecule has 0 aliphatic heterocycles. The molecule has 2 aliphatic carbocycles. The van der Waals surface area contributed by atoms with Gasteiger partial charge in [0, 0.05) is 6.61 Å². The van der Waals surface area contributed by atoms with Crippen molar-refractivity contribution < 1.29 is 9.84 Å². The van der Waals surface area contributed by atoms with E-state index < -0.39 is 0 Å². The number of rotatable bonds is 5. The predicted molar refractivity (Wildman–Crippen MR) is 104 cm³/mol. The average molecular weight is 345 g/mol. The predicted octanol–water partition coefficient (Wildman–Crippen LogP) is 5.48. The van der Waals surface area contributed by atoms with E-state index in [1.807, 2.05) is 6.07 Å². The van der Waals surface area contributed by atoms with Crippen molar-refractivity contribution in [2.24, 2.45) is 28.6 Å². The van der Waals surface area contributed by atoms with Crippen LogP contribution in [-0.2, 0) is 6.42 Å². The maximum absolute atomic E-state index is 10.1. The van der Waals surface area contributed by atoms with Crippen molar-refractivity contribution in [3.63, 3.8) is 0 Å². The Kier molecular flexibility index (Phi) is 5.48. The van der Waals surface area contributed by atoms with E-state index in [1.54, 1.807) is 7.11 Å². The van der Waals surface area contributed by atoms with Crippen molar-refractivity contribution in [2.45, 2.75) is 65.7 Å². The molecule has 0 heterocycles. The van der Waals surface area contributed by atoms with E-state index in [4.69, 9.17) is 4.74 Å². The molecule has 3 rings (SSSR count). The summed E-state index contributed by atoms with van der Waals surface area (Å²) in [6.07, 6.45) is 8.80. The summed E-state index contributed by atoms with van der Waals surface area (Å²) in [6, 6.07) is 8.49. The van der Waals surface area contributed by atoms with E-state index in [2.05, 4.69) is 39.0 Å². The molecule has 0 spiro atoms. The molecule has 140 valence electrons. The maximum Gasteiger partial charge on any atom is 0.119 e. The summed E-state index contributed by atoms with van der Waals surface area (Å²) in [5.74, 6) is 2.84. The Hall–Kier alpha value is -1.02. The van der Waals surface area contributed by atoms with Crippen molar-refractivity contribution in [1.29, 1.82) is 0 Å². The first-order valence-corrected chi connectivity index (χ1v) is 10.1. The van der Waals surface area contributed by atoms with Gasteiger partial charge in [0.2, 0.25) is 0 Å². The van der Waals surface area contributed by atoms with Crippen LogP contribution in [0.3, 0.4) is 0 Å². The van der Waals surface area contributed by atoms with Gasteiger partial charge in [0.05, 0.1) is 7.11 Å². The van der Waals surface area contributed by atoms with E-state index in [0.717, 1.165) is 18.1 Å². The minimum absolute atomic E-state index is 0.353. The summed E-state index contributed by atoms with van der Waals surface area (Å²) in [4.78, 5) is 0. The monoisotopic (exact) mass is 344 g/mol. The van der Waals surface area contributed by atoms with E-state index >= 15 is 0 Å². The number of ether oxygens (including phenoxy) is 1. The van der Waals surface area contributed by atoms with E-state index in [-0.39, 0.29) is 0 Å². The van der Waals surface area contributed by atoms with Gasteiger partial charge < -0.3 is 9.84 Å². The average Bonchev–Trinajstić information content (AvgIpc) is 2.59. The Bertz CT molecular complexity index is 579. The molecule has 25 heavy (non-hydrogen) atoms. The zero-order chi connectivity index (χ0) is 18.1. The fourth-order valence-electron chi connectivity index (χ4n) is 6.38. The van der Waals surface area contributed by atoms with E-state index in [0.29, 0.717) is 29.3 Å². The minimum Gasteiger partial charge on any atom is -0.497 e. The zero-order valence-corrected chi connectivity index (χ0v) is 16.6. The van der Waals surface area contributed by atoms with Crippen molar-refractivity contribution in [3.05, 3.63) is 29.8 Å². The van der Waals surface area contributed by atoms with Crippen LogP contribution in [0.4, 0.5) is 0 Å². The van der Waals surface area contributed by atoms with Crippen molar-refractivity contribution in [1.82, 2.24) is 0 Å². The Morgan fingerprint density at radius 2 is 1.96 bits per heavy atom. The van der Waals surface area contributed by atoms with Crippen molar-refractivity contribution >= 4 is 0 Å². The van der Waals surface area contributed by atoms with Crippen LogP contribution in [0, 0.1) is 28.6 Å². The standard InChI is InChI=1S/C23H36O2/c1-22(2)13-6-14-23(3)20(18(16-24)10-12-21(22)23)11-9-17-7-5-8-19(15-17)25-4/h5,7-8,15,18,20-21,24H,6,9-14,16H2,1-4H3. The Morgan fingerprint density at radius 1 is 1.16 bits per heavy atom. The van der Waals surface area contributed by atoms with Gasteiger partial charge in [0.25, 0.3) is 0 Å². The highest BCUT2D eigenvalue weighted by Gasteiger charge is 2.53. The van der Waals surface area contributed by atoms with Gasteiger partial charge in [-0.25, -0.2) is 0 Å². The molecular formula is C23H36O2. The number of aliphatic hydroxyl groups is 1. The van der Waals surface area contributed by atoms with Crippen LogP contribution >= 0.6 is 0 Å². The molecule has 0 aromatic heterocycles. The lowest BCUT2D eigenvalue weighted by Crippen LogP contribution is -2.52. The maximum atomic E-state index is 10.1. The summed E-state index contributed by atoms with van der Waals surface area (Å²) in [5, 5.41) is 10.1. The molecule has 2 fully saturated rings. The summed E-state index contributed by atoms with van der Waals surface area (Å²) in [6.45, 7) is 7.85. The molecule has 0 saturated heterocycles. The molecule has 0 amide bonds. The minimum atomic E-state index is 0.353. The first kappa shape index (κ1) is 18.8. The molecule has 0 radical (unpaired) electrons. The topological polar surface area (TPSA) is 29.5 Å².